The largest absolute Gasteiger partial charge is 0.495 e. The van der Waals surface area contributed by atoms with E-state index in [1.807, 2.05) is 0 Å². The first-order valence-corrected chi connectivity index (χ1v) is 3.60. The molecule has 0 atom stereocenters. The Morgan fingerprint density at radius 2 is 1.91 bits per heavy atom. The Kier molecular flexibility index (Phi) is 2.41. The van der Waals surface area contributed by atoms with Crippen LogP contribution >= 0.6 is 0 Å². The molecule has 0 unspecified atom stereocenters. The molecule has 3 heteroatoms. The summed E-state index contributed by atoms with van der Waals surface area (Å²) in [4.78, 5) is 0. The Balaban J connectivity index is 3.02. The molecule has 1 heterocycles. The molecule has 0 aliphatic heterocycles. The second kappa shape index (κ2) is 3.32. The van der Waals surface area contributed by atoms with Crippen LogP contribution in [0.3, 0.4) is 0 Å². The summed E-state index contributed by atoms with van der Waals surface area (Å²) >= 11 is 0. The van der Waals surface area contributed by atoms with E-state index in [0.29, 0.717) is 5.92 Å². The standard InChI is InChI=1S/C8H12N2O/c1-6(2)7-4-9-10-5-8(7)11-3/h4-6H,1-3H3. The number of methoxy groups -OCH3 is 1. The minimum atomic E-state index is 0.431. The Labute approximate surface area is 66.4 Å². The molecule has 0 N–H and O–H groups in total. The lowest BCUT2D eigenvalue weighted by molar-refractivity contribution is 0.404. The summed E-state index contributed by atoms with van der Waals surface area (Å²) in [6.07, 6.45) is 3.37. The van der Waals surface area contributed by atoms with Gasteiger partial charge in [-0.2, -0.15) is 10.2 Å². The third kappa shape index (κ3) is 1.67. The Hall–Kier alpha value is -1.12. The van der Waals surface area contributed by atoms with Gasteiger partial charge in [0, 0.05) is 5.56 Å². The molecule has 0 aliphatic carbocycles. The van der Waals surface area contributed by atoms with Gasteiger partial charge in [-0.1, -0.05) is 13.8 Å². The van der Waals surface area contributed by atoms with Gasteiger partial charge in [0.15, 0.2) is 0 Å². The van der Waals surface area contributed by atoms with E-state index in [2.05, 4.69) is 24.0 Å². The Bertz CT molecular complexity index is 235. The molecule has 11 heavy (non-hydrogen) atoms. The minimum absolute atomic E-state index is 0.431. The van der Waals surface area contributed by atoms with E-state index in [4.69, 9.17) is 4.74 Å². The van der Waals surface area contributed by atoms with Crippen molar-refractivity contribution in [3.8, 4) is 5.75 Å². The lowest BCUT2D eigenvalue weighted by Gasteiger charge is -2.08. The average Bonchev–Trinajstić information content (AvgIpc) is 2.04. The highest BCUT2D eigenvalue weighted by Crippen LogP contribution is 2.22. The van der Waals surface area contributed by atoms with Gasteiger partial charge in [-0.05, 0) is 5.92 Å². The zero-order chi connectivity index (χ0) is 8.27. The fourth-order valence-corrected chi connectivity index (χ4v) is 0.924. The van der Waals surface area contributed by atoms with E-state index in [-0.39, 0.29) is 0 Å². The molecule has 0 bridgehead atoms. The molecule has 1 aromatic heterocycles. The van der Waals surface area contributed by atoms with Crippen LogP contribution in [-0.2, 0) is 0 Å². The molecule has 1 rings (SSSR count). The van der Waals surface area contributed by atoms with Gasteiger partial charge in [-0.15, -0.1) is 0 Å². The maximum Gasteiger partial charge on any atom is 0.144 e. The highest BCUT2D eigenvalue weighted by Gasteiger charge is 2.05. The number of hydrogen-bond donors (Lipinski definition) is 0. The van der Waals surface area contributed by atoms with Gasteiger partial charge in [-0.3, -0.25) is 0 Å². The van der Waals surface area contributed by atoms with Gasteiger partial charge in [0.1, 0.15) is 5.75 Å². The maximum absolute atomic E-state index is 5.10. The zero-order valence-electron chi connectivity index (χ0n) is 7.03. The first-order chi connectivity index (χ1) is 5.25. The van der Waals surface area contributed by atoms with Gasteiger partial charge in [0.25, 0.3) is 0 Å². The van der Waals surface area contributed by atoms with Crippen molar-refractivity contribution in [3.63, 3.8) is 0 Å². The predicted molar refractivity (Wildman–Crippen MR) is 42.7 cm³/mol. The lowest BCUT2D eigenvalue weighted by Crippen LogP contribution is -1.96. The molecule has 0 fully saturated rings. The van der Waals surface area contributed by atoms with Crippen LogP contribution in [-0.4, -0.2) is 17.3 Å². The molecule has 0 saturated heterocycles. The summed E-state index contributed by atoms with van der Waals surface area (Å²) in [5.41, 5.74) is 1.10. The molecule has 0 amide bonds. The average molecular weight is 152 g/mol. The first-order valence-electron chi connectivity index (χ1n) is 3.60. The molecule has 0 saturated carbocycles. The quantitative estimate of drug-likeness (QED) is 0.645. The summed E-state index contributed by atoms with van der Waals surface area (Å²) in [6, 6.07) is 0. The van der Waals surface area contributed by atoms with E-state index >= 15 is 0 Å². The van der Waals surface area contributed by atoms with Crippen molar-refractivity contribution in [2.75, 3.05) is 7.11 Å². The number of nitrogens with zero attached hydrogens (tertiary/aromatic N) is 2. The second-order valence-electron chi connectivity index (χ2n) is 2.67. The topological polar surface area (TPSA) is 35.0 Å². The summed E-state index contributed by atoms with van der Waals surface area (Å²) in [5.74, 6) is 1.25. The molecule has 1 aromatic rings. The Morgan fingerprint density at radius 1 is 1.27 bits per heavy atom. The van der Waals surface area contributed by atoms with Crippen molar-refractivity contribution in [3.05, 3.63) is 18.0 Å². The van der Waals surface area contributed by atoms with E-state index in [1.54, 1.807) is 19.5 Å². The summed E-state index contributed by atoms with van der Waals surface area (Å²) in [6.45, 7) is 4.19. The number of rotatable bonds is 2. The van der Waals surface area contributed by atoms with Gasteiger partial charge in [0.2, 0.25) is 0 Å². The minimum Gasteiger partial charge on any atom is -0.495 e. The van der Waals surface area contributed by atoms with E-state index in [9.17, 15) is 0 Å². The molecular weight excluding hydrogens is 140 g/mol. The van der Waals surface area contributed by atoms with Crippen molar-refractivity contribution in [2.24, 2.45) is 0 Å². The summed E-state index contributed by atoms with van der Waals surface area (Å²) in [5, 5.41) is 7.51. The first kappa shape index (κ1) is 7.98. The van der Waals surface area contributed by atoms with Crippen LogP contribution in [0.5, 0.6) is 5.75 Å². The monoisotopic (exact) mass is 152 g/mol. The van der Waals surface area contributed by atoms with Gasteiger partial charge in [0.05, 0.1) is 19.5 Å². The van der Waals surface area contributed by atoms with Crippen molar-refractivity contribution >= 4 is 0 Å². The lowest BCUT2D eigenvalue weighted by atomic mass is 10.1. The molecule has 0 aromatic carbocycles. The van der Waals surface area contributed by atoms with Crippen molar-refractivity contribution in [1.82, 2.24) is 10.2 Å². The molecule has 0 spiro atoms. The van der Waals surface area contributed by atoms with Crippen molar-refractivity contribution < 1.29 is 4.74 Å². The summed E-state index contributed by atoms with van der Waals surface area (Å²) < 4.78 is 5.10. The van der Waals surface area contributed by atoms with Crippen molar-refractivity contribution in [1.29, 1.82) is 0 Å². The third-order valence-corrected chi connectivity index (χ3v) is 1.56. The molecule has 60 valence electrons. The van der Waals surface area contributed by atoms with Crippen LogP contribution in [0, 0.1) is 0 Å². The normalized spacial score (nSPS) is 10.2. The smallest absolute Gasteiger partial charge is 0.144 e. The van der Waals surface area contributed by atoms with Crippen LogP contribution in [0.15, 0.2) is 12.4 Å². The number of aromatic nitrogens is 2. The highest BCUT2D eigenvalue weighted by atomic mass is 16.5. The zero-order valence-corrected chi connectivity index (χ0v) is 7.03. The van der Waals surface area contributed by atoms with Crippen LogP contribution in [0.1, 0.15) is 25.3 Å². The molecular formula is C8H12N2O. The van der Waals surface area contributed by atoms with Crippen LogP contribution < -0.4 is 4.74 Å². The Morgan fingerprint density at radius 3 is 2.36 bits per heavy atom. The predicted octanol–water partition coefficient (Wildman–Crippen LogP) is 1.61. The fraction of sp³-hybridized carbons (Fsp3) is 0.500. The van der Waals surface area contributed by atoms with Crippen molar-refractivity contribution in [2.45, 2.75) is 19.8 Å². The highest BCUT2D eigenvalue weighted by molar-refractivity contribution is 5.29. The van der Waals surface area contributed by atoms with Crippen LogP contribution in [0.2, 0.25) is 0 Å². The number of hydrogen-bond acceptors (Lipinski definition) is 3. The number of ether oxygens (including phenoxy) is 1. The third-order valence-electron chi connectivity index (χ3n) is 1.56. The van der Waals surface area contributed by atoms with Gasteiger partial charge < -0.3 is 4.74 Å². The fourth-order valence-electron chi connectivity index (χ4n) is 0.924. The van der Waals surface area contributed by atoms with E-state index < -0.39 is 0 Å². The van der Waals surface area contributed by atoms with E-state index in [1.165, 1.54) is 0 Å². The molecule has 0 aliphatic rings. The van der Waals surface area contributed by atoms with Crippen LogP contribution in [0.4, 0.5) is 0 Å². The maximum atomic E-state index is 5.10. The summed E-state index contributed by atoms with van der Waals surface area (Å²) in [7, 11) is 1.64. The molecule has 3 nitrogen and oxygen atoms in total. The van der Waals surface area contributed by atoms with E-state index in [0.717, 1.165) is 11.3 Å². The van der Waals surface area contributed by atoms with Gasteiger partial charge >= 0.3 is 0 Å². The molecule has 0 radical (unpaired) electrons. The van der Waals surface area contributed by atoms with Gasteiger partial charge in [-0.25, -0.2) is 0 Å². The SMILES string of the molecule is COc1cnncc1C(C)C. The second-order valence-corrected chi connectivity index (χ2v) is 2.67. The van der Waals surface area contributed by atoms with Crippen LogP contribution in [0.25, 0.3) is 0 Å².